The molecule has 13 heteroatoms. The number of aromatic nitrogens is 1. The van der Waals surface area contributed by atoms with Crippen LogP contribution in [0.2, 0.25) is 10.0 Å². The summed E-state index contributed by atoms with van der Waals surface area (Å²) in [5.74, 6) is -1.85. The lowest BCUT2D eigenvalue weighted by Gasteiger charge is -2.18. The molecule has 0 unspecified atom stereocenters. The van der Waals surface area contributed by atoms with Crippen LogP contribution in [-0.4, -0.2) is 15.6 Å². The lowest BCUT2D eigenvalue weighted by atomic mass is 10.1. The van der Waals surface area contributed by atoms with Crippen LogP contribution in [0.15, 0.2) is 53.3 Å². The number of ether oxygens (including phenoxy) is 1. The van der Waals surface area contributed by atoms with Crippen LogP contribution >= 0.6 is 23.2 Å². The number of benzene rings is 2. The Morgan fingerprint density at radius 3 is 1.94 bits per heavy atom. The summed E-state index contributed by atoms with van der Waals surface area (Å²) in [6.45, 7) is -0.678. The lowest BCUT2D eigenvalue weighted by Crippen LogP contribution is -2.26. The maximum Gasteiger partial charge on any atom is 0.416 e. The SMILES string of the molecule is O=C(O)c1ccc(CCn2c(COc3cc(C(F)(F)F)cc(C(F)(F)F)c3)c(Cl)cc(Cl)c2=O)cc1. The fraction of sp³-hybridized carbons (Fsp3) is 0.217. The van der Waals surface area contributed by atoms with E-state index in [1.54, 1.807) is 0 Å². The van der Waals surface area contributed by atoms with E-state index >= 15 is 0 Å². The largest absolute Gasteiger partial charge is 0.487 e. The lowest BCUT2D eigenvalue weighted by molar-refractivity contribution is -0.143. The van der Waals surface area contributed by atoms with Crippen LogP contribution in [0.25, 0.3) is 0 Å². The van der Waals surface area contributed by atoms with Crippen LogP contribution in [0.5, 0.6) is 5.75 Å². The number of pyridine rings is 1. The fourth-order valence-corrected chi connectivity index (χ4v) is 3.77. The van der Waals surface area contributed by atoms with Crippen LogP contribution in [0, 0.1) is 0 Å². The number of carbonyl (C=O) groups is 1. The molecule has 1 aromatic heterocycles. The highest BCUT2D eigenvalue weighted by Crippen LogP contribution is 2.38. The predicted octanol–water partition coefficient (Wildman–Crippen LogP) is 6.71. The van der Waals surface area contributed by atoms with Crippen molar-refractivity contribution in [2.24, 2.45) is 0 Å². The van der Waals surface area contributed by atoms with Crippen LogP contribution in [0.3, 0.4) is 0 Å². The van der Waals surface area contributed by atoms with Gasteiger partial charge in [0.1, 0.15) is 17.4 Å². The number of hydrogen-bond donors (Lipinski definition) is 1. The Balaban J connectivity index is 1.91. The van der Waals surface area contributed by atoms with E-state index in [1.165, 1.54) is 24.3 Å². The van der Waals surface area contributed by atoms with Crippen LogP contribution < -0.4 is 10.3 Å². The van der Waals surface area contributed by atoms with Crippen LogP contribution in [-0.2, 0) is 31.9 Å². The minimum atomic E-state index is -5.06. The first-order valence-electron chi connectivity index (χ1n) is 9.99. The van der Waals surface area contributed by atoms with Gasteiger partial charge in [0, 0.05) is 6.54 Å². The molecule has 0 radical (unpaired) electrons. The molecular formula is C23H15Cl2F6NO4. The van der Waals surface area contributed by atoms with Gasteiger partial charge in [-0.3, -0.25) is 4.79 Å². The number of nitrogens with zero attached hydrogens (tertiary/aromatic N) is 1. The van der Waals surface area contributed by atoms with Crippen molar-refractivity contribution in [3.8, 4) is 5.75 Å². The molecule has 2 aromatic carbocycles. The summed E-state index contributed by atoms with van der Waals surface area (Å²) in [7, 11) is 0. The van der Waals surface area contributed by atoms with Gasteiger partial charge < -0.3 is 14.4 Å². The third-order valence-electron chi connectivity index (χ3n) is 5.07. The van der Waals surface area contributed by atoms with Crippen molar-refractivity contribution < 1.29 is 41.0 Å². The Labute approximate surface area is 209 Å². The van der Waals surface area contributed by atoms with Gasteiger partial charge in [-0.25, -0.2) is 4.79 Å². The summed E-state index contributed by atoms with van der Waals surface area (Å²) in [6, 6.07) is 7.65. The summed E-state index contributed by atoms with van der Waals surface area (Å²) in [5.41, 5.74) is -3.16. The van der Waals surface area contributed by atoms with Gasteiger partial charge in [0.15, 0.2) is 0 Å². The van der Waals surface area contributed by atoms with Gasteiger partial charge >= 0.3 is 18.3 Å². The quantitative estimate of drug-likeness (QED) is 0.330. The first-order chi connectivity index (χ1) is 16.7. The zero-order valence-electron chi connectivity index (χ0n) is 17.9. The molecule has 0 aliphatic carbocycles. The summed E-state index contributed by atoms with van der Waals surface area (Å²) in [6.07, 6.45) is -9.92. The van der Waals surface area contributed by atoms with Crippen molar-refractivity contribution in [2.45, 2.75) is 31.9 Å². The van der Waals surface area contributed by atoms with Crippen LogP contribution in [0.4, 0.5) is 26.3 Å². The average Bonchev–Trinajstić information content (AvgIpc) is 2.78. The second-order valence-electron chi connectivity index (χ2n) is 7.53. The Kier molecular flexibility index (Phi) is 7.94. The molecule has 192 valence electrons. The third-order valence-corrected chi connectivity index (χ3v) is 5.66. The van der Waals surface area contributed by atoms with E-state index in [-0.39, 0.29) is 40.3 Å². The average molecular weight is 554 g/mol. The van der Waals surface area contributed by atoms with Gasteiger partial charge in [0.05, 0.1) is 27.4 Å². The maximum absolute atomic E-state index is 13.1. The third kappa shape index (κ3) is 6.52. The molecule has 0 saturated heterocycles. The van der Waals surface area contributed by atoms with Gasteiger partial charge in [0.25, 0.3) is 5.56 Å². The molecule has 1 heterocycles. The molecule has 36 heavy (non-hydrogen) atoms. The monoisotopic (exact) mass is 553 g/mol. The number of rotatable bonds is 7. The van der Waals surface area contributed by atoms with E-state index in [1.807, 2.05) is 0 Å². The number of carboxylic acids is 1. The Hall–Kier alpha value is -3.18. The van der Waals surface area contributed by atoms with E-state index in [2.05, 4.69) is 0 Å². The number of alkyl halides is 6. The summed E-state index contributed by atoms with van der Waals surface area (Å²) in [4.78, 5) is 23.6. The van der Waals surface area contributed by atoms with Crippen molar-refractivity contribution in [3.05, 3.63) is 96.9 Å². The van der Waals surface area contributed by atoms with E-state index in [0.717, 1.165) is 10.6 Å². The van der Waals surface area contributed by atoms with Gasteiger partial charge in [-0.1, -0.05) is 35.3 Å². The predicted molar refractivity (Wildman–Crippen MR) is 119 cm³/mol. The van der Waals surface area contributed by atoms with E-state index in [9.17, 15) is 35.9 Å². The molecule has 0 aliphatic rings. The maximum atomic E-state index is 13.1. The molecule has 1 N–H and O–H groups in total. The second-order valence-corrected chi connectivity index (χ2v) is 8.34. The topological polar surface area (TPSA) is 68.5 Å². The first-order valence-corrected chi connectivity index (χ1v) is 10.7. The minimum Gasteiger partial charge on any atom is -0.487 e. The Morgan fingerprint density at radius 1 is 0.889 bits per heavy atom. The summed E-state index contributed by atoms with van der Waals surface area (Å²) in [5, 5.41) is 8.63. The Morgan fingerprint density at radius 2 is 1.44 bits per heavy atom. The summed E-state index contributed by atoms with van der Waals surface area (Å²) >= 11 is 12.1. The molecule has 0 spiro atoms. The molecule has 0 fully saturated rings. The highest BCUT2D eigenvalue weighted by Gasteiger charge is 2.37. The van der Waals surface area contributed by atoms with Gasteiger partial charge in [0.2, 0.25) is 0 Å². The molecule has 0 bridgehead atoms. The Bertz CT molecular complexity index is 1300. The molecule has 0 aliphatic heterocycles. The number of halogens is 8. The molecular weight excluding hydrogens is 539 g/mol. The zero-order valence-corrected chi connectivity index (χ0v) is 19.4. The smallest absolute Gasteiger partial charge is 0.416 e. The van der Waals surface area contributed by atoms with E-state index in [4.69, 9.17) is 33.0 Å². The standard InChI is InChI=1S/C23H15Cl2F6NO4/c24-17-10-18(25)20(33)32(6-5-12-1-3-13(4-2-12)21(34)35)19(17)11-36-16-8-14(22(26,27)28)7-15(9-16)23(29,30)31/h1-4,7-10H,5-6,11H2,(H,34,35). The van der Waals surface area contributed by atoms with Crippen molar-refractivity contribution in [1.82, 2.24) is 4.57 Å². The highest BCUT2D eigenvalue weighted by atomic mass is 35.5. The highest BCUT2D eigenvalue weighted by molar-refractivity contribution is 6.34. The number of aromatic carboxylic acids is 1. The number of hydrogen-bond acceptors (Lipinski definition) is 3. The van der Waals surface area contributed by atoms with Crippen molar-refractivity contribution in [1.29, 1.82) is 0 Å². The fourth-order valence-electron chi connectivity index (χ4n) is 3.24. The van der Waals surface area contributed by atoms with E-state index in [0.29, 0.717) is 17.7 Å². The van der Waals surface area contributed by atoms with Gasteiger partial charge in [-0.05, 0) is 48.4 Å². The van der Waals surface area contributed by atoms with Crippen molar-refractivity contribution in [3.63, 3.8) is 0 Å². The second kappa shape index (κ2) is 10.4. The van der Waals surface area contributed by atoms with Crippen molar-refractivity contribution >= 4 is 29.2 Å². The summed E-state index contributed by atoms with van der Waals surface area (Å²) < 4.78 is 85.0. The molecule has 0 atom stereocenters. The molecule has 0 amide bonds. The first kappa shape index (κ1) is 27.4. The normalized spacial score (nSPS) is 12.0. The minimum absolute atomic E-state index is 0.0285. The zero-order chi connectivity index (χ0) is 26.8. The number of carboxylic acid groups (broad SMARTS) is 1. The van der Waals surface area contributed by atoms with Crippen molar-refractivity contribution in [2.75, 3.05) is 0 Å². The van der Waals surface area contributed by atoms with E-state index < -0.39 is 47.4 Å². The molecule has 0 saturated carbocycles. The van der Waals surface area contributed by atoms with Gasteiger partial charge in [-0.2, -0.15) is 26.3 Å². The number of aryl methyl sites for hydroxylation is 1. The molecule has 3 rings (SSSR count). The molecule has 5 nitrogen and oxygen atoms in total. The van der Waals surface area contributed by atoms with Crippen LogP contribution in [0.1, 0.15) is 32.7 Å². The molecule has 3 aromatic rings. The van der Waals surface area contributed by atoms with Gasteiger partial charge in [-0.15, -0.1) is 0 Å².